The first kappa shape index (κ1) is 9.98. The van der Waals surface area contributed by atoms with Crippen LogP contribution >= 0.6 is 27.3 Å². The molecule has 0 fully saturated rings. The van der Waals surface area contributed by atoms with E-state index in [1.807, 2.05) is 25.1 Å². The minimum Gasteiger partial charge on any atom is -0.192 e. The molecule has 0 aliphatic rings. The topological polar surface area (TPSA) is 47.6 Å². The van der Waals surface area contributed by atoms with E-state index in [0.29, 0.717) is 0 Å². The van der Waals surface area contributed by atoms with Gasteiger partial charge in [-0.25, -0.2) is 0 Å². The first-order valence-corrected chi connectivity index (χ1v) is 5.06. The zero-order chi connectivity index (χ0) is 9.84. The van der Waals surface area contributed by atoms with Gasteiger partial charge in [-0.3, -0.25) is 0 Å². The molecule has 2 nitrogen and oxygen atoms in total. The second-order valence-electron chi connectivity index (χ2n) is 2.39. The quantitative estimate of drug-likeness (QED) is 0.721. The highest BCUT2D eigenvalue weighted by Crippen LogP contribution is 2.28. The van der Waals surface area contributed by atoms with E-state index in [1.54, 1.807) is 6.08 Å². The normalized spacial score (nSPS) is 8.62. The van der Waals surface area contributed by atoms with E-state index in [0.717, 1.165) is 14.2 Å². The number of hydrogen-bond acceptors (Lipinski definition) is 3. The first-order valence-electron chi connectivity index (χ1n) is 3.45. The Bertz CT molecular complexity index is 396. The van der Waals surface area contributed by atoms with Crippen LogP contribution in [-0.4, -0.2) is 0 Å². The van der Waals surface area contributed by atoms with E-state index in [1.165, 1.54) is 11.3 Å². The molecule has 0 aliphatic heterocycles. The molecule has 0 radical (unpaired) electrons. The molecule has 1 aromatic rings. The number of hydrogen-bond donors (Lipinski definition) is 0. The van der Waals surface area contributed by atoms with Crippen molar-refractivity contribution in [1.82, 2.24) is 0 Å². The van der Waals surface area contributed by atoms with E-state index in [2.05, 4.69) is 15.9 Å². The molecule has 0 unspecified atom stereocenters. The number of halogens is 1. The largest absolute Gasteiger partial charge is 0.192 e. The van der Waals surface area contributed by atoms with Gasteiger partial charge in [0.2, 0.25) is 0 Å². The zero-order valence-electron chi connectivity index (χ0n) is 6.84. The fourth-order valence-electron chi connectivity index (χ4n) is 0.786. The number of nitrogens with zero attached hydrogens (tertiary/aromatic N) is 2. The zero-order valence-corrected chi connectivity index (χ0v) is 9.24. The van der Waals surface area contributed by atoms with Gasteiger partial charge in [-0.05, 0) is 40.6 Å². The lowest BCUT2D eigenvalue weighted by Gasteiger charge is -1.80. The van der Waals surface area contributed by atoms with E-state index >= 15 is 0 Å². The van der Waals surface area contributed by atoms with Gasteiger partial charge in [0.25, 0.3) is 0 Å². The molecule has 0 saturated carbocycles. The predicted octanol–water partition coefficient (Wildman–Crippen LogP) is 3.25. The lowest BCUT2D eigenvalue weighted by molar-refractivity contribution is 1.47. The maximum absolute atomic E-state index is 8.52. The Balaban J connectivity index is 3.07. The summed E-state index contributed by atoms with van der Waals surface area (Å²) >= 11 is 4.88. The molecule has 1 rings (SSSR count). The summed E-state index contributed by atoms with van der Waals surface area (Å²) in [5, 5.41) is 17.0. The minimum absolute atomic E-state index is 0.133. The predicted molar refractivity (Wildman–Crippen MR) is 56.0 cm³/mol. The molecule has 0 aromatic carbocycles. The molecule has 13 heavy (non-hydrogen) atoms. The van der Waals surface area contributed by atoms with Gasteiger partial charge >= 0.3 is 0 Å². The fourth-order valence-corrected chi connectivity index (χ4v) is 2.30. The SMILES string of the molecule is Cc1cc(C=C(C#N)C#N)sc1Br. The monoisotopic (exact) mass is 252 g/mol. The third kappa shape index (κ3) is 2.42. The van der Waals surface area contributed by atoms with Crippen molar-refractivity contribution in [2.45, 2.75) is 6.92 Å². The van der Waals surface area contributed by atoms with Crippen molar-refractivity contribution in [3.63, 3.8) is 0 Å². The van der Waals surface area contributed by atoms with Gasteiger partial charge in [0, 0.05) is 4.88 Å². The third-order valence-corrected chi connectivity index (χ3v) is 3.49. The van der Waals surface area contributed by atoms with Gasteiger partial charge in [-0.15, -0.1) is 11.3 Å². The van der Waals surface area contributed by atoms with Crippen molar-refractivity contribution in [3.05, 3.63) is 25.9 Å². The van der Waals surface area contributed by atoms with E-state index < -0.39 is 0 Å². The standard InChI is InChI=1S/C9H5BrN2S/c1-6-2-8(13-9(6)10)3-7(4-11)5-12/h2-3H,1H3. The van der Waals surface area contributed by atoms with Crippen LogP contribution in [0.1, 0.15) is 10.4 Å². The third-order valence-electron chi connectivity index (χ3n) is 1.40. The van der Waals surface area contributed by atoms with Gasteiger partial charge in [0.05, 0.1) is 3.79 Å². The van der Waals surface area contributed by atoms with Crippen molar-refractivity contribution >= 4 is 33.3 Å². The second-order valence-corrected chi connectivity index (χ2v) is 4.79. The second kappa shape index (κ2) is 4.23. The molecule has 1 heterocycles. The average Bonchev–Trinajstić information content (AvgIpc) is 2.42. The Morgan fingerprint density at radius 3 is 2.54 bits per heavy atom. The van der Waals surface area contributed by atoms with Crippen molar-refractivity contribution < 1.29 is 0 Å². The molecule has 0 spiro atoms. The molecule has 0 amide bonds. The van der Waals surface area contributed by atoms with Crippen LogP contribution in [0.2, 0.25) is 0 Å². The van der Waals surface area contributed by atoms with Gasteiger partial charge < -0.3 is 0 Å². The molecule has 0 bridgehead atoms. The fraction of sp³-hybridized carbons (Fsp3) is 0.111. The lowest BCUT2D eigenvalue weighted by atomic mass is 10.2. The number of rotatable bonds is 1. The molecular formula is C9H5BrN2S. The Morgan fingerprint density at radius 1 is 1.54 bits per heavy atom. The van der Waals surface area contributed by atoms with Crippen LogP contribution < -0.4 is 0 Å². The van der Waals surface area contributed by atoms with Crippen LogP contribution in [-0.2, 0) is 0 Å². The summed E-state index contributed by atoms with van der Waals surface area (Å²) in [6.45, 7) is 1.97. The van der Waals surface area contributed by atoms with E-state index in [9.17, 15) is 0 Å². The number of thiophene rings is 1. The summed E-state index contributed by atoms with van der Waals surface area (Å²) in [7, 11) is 0. The summed E-state index contributed by atoms with van der Waals surface area (Å²) in [6.07, 6.45) is 1.59. The van der Waals surface area contributed by atoms with Gasteiger partial charge in [-0.1, -0.05) is 0 Å². The van der Waals surface area contributed by atoms with E-state index in [4.69, 9.17) is 10.5 Å². The smallest absolute Gasteiger partial charge is 0.131 e. The highest BCUT2D eigenvalue weighted by atomic mass is 79.9. The average molecular weight is 253 g/mol. The van der Waals surface area contributed by atoms with Gasteiger partial charge in [-0.2, -0.15) is 10.5 Å². The molecule has 0 atom stereocenters. The van der Waals surface area contributed by atoms with Crippen LogP contribution in [0.25, 0.3) is 6.08 Å². The summed E-state index contributed by atoms with van der Waals surface area (Å²) in [6, 6.07) is 5.57. The molecule has 0 saturated heterocycles. The number of allylic oxidation sites excluding steroid dienone is 1. The van der Waals surface area contributed by atoms with Crippen LogP contribution in [0.15, 0.2) is 15.4 Å². The highest BCUT2D eigenvalue weighted by molar-refractivity contribution is 9.11. The van der Waals surface area contributed by atoms with Crippen molar-refractivity contribution in [2.75, 3.05) is 0 Å². The van der Waals surface area contributed by atoms with Crippen molar-refractivity contribution in [2.24, 2.45) is 0 Å². The summed E-state index contributed by atoms with van der Waals surface area (Å²) < 4.78 is 1.04. The minimum atomic E-state index is 0.133. The maximum atomic E-state index is 8.52. The van der Waals surface area contributed by atoms with E-state index in [-0.39, 0.29) is 5.57 Å². The number of aryl methyl sites for hydroxylation is 1. The van der Waals surface area contributed by atoms with Gasteiger partial charge in [0.15, 0.2) is 0 Å². The molecule has 0 aliphatic carbocycles. The summed E-state index contributed by atoms with van der Waals surface area (Å²) in [5.74, 6) is 0. The first-order chi connectivity index (χ1) is 6.17. The molecule has 4 heteroatoms. The van der Waals surface area contributed by atoms with Gasteiger partial charge in [0.1, 0.15) is 17.7 Å². The molecule has 64 valence electrons. The van der Waals surface area contributed by atoms with Crippen LogP contribution in [0.4, 0.5) is 0 Å². The maximum Gasteiger partial charge on any atom is 0.131 e. The van der Waals surface area contributed by atoms with Crippen LogP contribution in [0.3, 0.4) is 0 Å². The summed E-state index contributed by atoms with van der Waals surface area (Å²) in [4.78, 5) is 0.919. The molecule has 1 aromatic heterocycles. The Labute approximate surface area is 88.9 Å². The molecular weight excluding hydrogens is 248 g/mol. The van der Waals surface area contributed by atoms with Crippen LogP contribution in [0.5, 0.6) is 0 Å². The Kier molecular flexibility index (Phi) is 3.25. The Hall–Kier alpha value is -1.10. The van der Waals surface area contributed by atoms with Crippen LogP contribution in [0, 0.1) is 29.6 Å². The number of nitriles is 2. The van der Waals surface area contributed by atoms with Crippen molar-refractivity contribution in [1.29, 1.82) is 10.5 Å². The van der Waals surface area contributed by atoms with Crippen molar-refractivity contribution in [3.8, 4) is 12.1 Å². The molecule has 0 N–H and O–H groups in total. The Morgan fingerprint density at radius 2 is 2.15 bits per heavy atom. The lowest BCUT2D eigenvalue weighted by Crippen LogP contribution is -1.69. The summed E-state index contributed by atoms with van der Waals surface area (Å²) in [5.41, 5.74) is 1.25. The highest BCUT2D eigenvalue weighted by Gasteiger charge is 2.01.